The number of benzene rings is 1. The van der Waals surface area contributed by atoms with E-state index in [0.29, 0.717) is 42.1 Å². The van der Waals surface area contributed by atoms with Crippen LogP contribution in [0, 0.1) is 5.92 Å². The van der Waals surface area contributed by atoms with Gasteiger partial charge in [0, 0.05) is 11.6 Å². The minimum absolute atomic E-state index is 0.264. The fraction of sp³-hybridized carbons (Fsp3) is 0.389. The second-order valence-electron chi connectivity index (χ2n) is 5.96. The zero-order valence-corrected chi connectivity index (χ0v) is 14.8. The summed E-state index contributed by atoms with van der Waals surface area (Å²) in [7, 11) is 1.59. The van der Waals surface area contributed by atoms with Gasteiger partial charge in [0.15, 0.2) is 0 Å². The van der Waals surface area contributed by atoms with Gasteiger partial charge in [-0.3, -0.25) is 4.79 Å². The summed E-state index contributed by atoms with van der Waals surface area (Å²) in [5.74, 6) is 1.53. The van der Waals surface area contributed by atoms with Crippen LogP contribution >= 0.6 is 11.6 Å². The van der Waals surface area contributed by atoms with Crippen molar-refractivity contribution in [1.29, 1.82) is 0 Å². The highest BCUT2D eigenvalue weighted by Gasteiger charge is 2.22. The Hall–Kier alpha value is -2.34. The van der Waals surface area contributed by atoms with Gasteiger partial charge in [-0.15, -0.1) is 0 Å². The fourth-order valence-corrected chi connectivity index (χ4v) is 2.52. The van der Waals surface area contributed by atoms with Gasteiger partial charge in [0.05, 0.1) is 26.1 Å². The molecule has 1 fully saturated rings. The molecule has 1 heterocycles. The fourth-order valence-electron chi connectivity index (χ4n) is 2.25. The lowest BCUT2D eigenvalue weighted by atomic mass is 10.1. The first-order chi connectivity index (χ1) is 12.2. The van der Waals surface area contributed by atoms with E-state index < -0.39 is 0 Å². The number of nitrogens with zero attached hydrogens (tertiary/aromatic N) is 2. The lowest BCUT2D eigenvalue weighted by Crippen LogP contribution is -2.26. The van der Waals surface area contributed by atoms with Gasteiger partial charge in [-0.1, -0.05) is 17.7 Å². The third kappa shape index (κ3) is 5.06. The Morgan fingerprint density at radius 1 is 1.32 bits per heavy atom. The van der Waals surface area contributed by atoms with Crippen LogP contribution in [0.4, 0.5) is 0 Å². The number of hydrogen-bond donors (Lipinski definition) is 1. The highest BCUT2D eigenvalue weighted by molar-refractivity contribution is 6.31. The van der Waals surface area contributed by atoms with Crippen LogP contribution in [0.3, 0.4) is 0 Å². The number of halogens is 1. The van der Waals surface area contributed by atoms with Gasteiger partial charge in [-0.25, -0.2) is 9.97 Å². The van der Waals surface area contributed by atoms with Crippen molar-refractivity contribution in [3.8, 4) is 11.6 Å². The van der Waals surface area contributed by atoms with Crippen molar-refractivity contribution >= 4 is 17.5 Å². The van der Waals surface area contributed by atoms with E-state index in [1.54, 1.807) is 13.2 Å². The second kappa shape index (κ2) is 8.16. The smallest absolute Gasteiger partial charge is 0.271 e. The van der Waals surface area contributed by atoms with Crippen LogP contribution in [-0.2, 0) is 6.42 Å². The number of methoxy groups -OCH3 is 1. The van der Waals surface area contributed by atoms with Crippen molar-refractivity contribution in [2.75, 3.05) is 20.3 Å². The van der Waals surface area contributed by atoms with Crippen LogP contribution in [0.25, 0.3) is 0 Å². The summed E-state index contributed by atoms with van der Waals surface area (Å²) in [5, 5.41) is 3.43. The Balaban J connectivity index is 1.46. The lowest BCUT2D eigenvalue weighted by Gasteiger charge is -2.08. The molecule has 25 heavy (non-hydrogen) atoms. The number of aromatic nitrogens is 2. The van der Waals surface area contributed by atoms with E-state index in [1.165, 1.54) is 25.2 Å². The average Bonchev–Trinajstić information content (AvgIpc) is 3.46. The number of carbonyl (C=O) groups excluding carboxylic acids is 1. The molecule has 7 heteroatoms. The van der Waals surface area contributed by atoms with Crippen molar-refractivity contribution in [3.05, 3.63) is 46.9 Å². The van der Waals surface area contributed by atoms with Crippen LogP contribution in [0.1, 0.15) is 28.9 Å². The number of amides is 1. The summed E-state index contributed by atoms with van der Waals surface area (Å²) in [6.45, 7) is 1.12. The van der Waals surface area contributed by atoms with E-state index in [1.807, 2.05) is 12.1 Å². The maximum absolute atomic E-state index is 12.1. The summed E-state index contributed by atoms with van der Waals surface area (Å²) in [4.78, 5) is 20.3. The molecule has 0 bridgehead atoms. The van der Waals surface area contributed by atoms with E-state index in [2.05, 4.69) is 15.3 Å². The van der Waals surface area contributed by atoms with Gasteiger partial charge in [0.1, 0.15) is 11.4 Å². The molecule has 0 atom stereocenters. The van der Waals surface area contributed by atoms with Crippen molar-refractivity contribution in [1.82, 2.24) is 15.3 Å². The molecule has 1 N–H and O–H groups in total. The monoisotopic (exact) mass is 361 g/mol. The summed E-state index contributed by atoms with van der Waals surface area (Å²) in [6, 6.07) is 5.48. The van der Waals surface area contributed by atoms with Crippen LogP contribution in [0.5, 0.6) is 11.6 Å². The number of rotatable bonds is 8. The molecule has 0 saturated heterocycles. The van der Waals surface area contributed by atoms with Crippen LogP contribution < -0.4 is 14.8 Å². The minimum Gasteiger partial charge on any atom is -0.497 e. The molecule has 132 valence electrons. The Bertz CT molecular complexity index is 733. The van der Waals surface area contributed by atoms with E-state index >= 15 is 0 Å². The predicted molar refractivity (Wildman–Crippen MR) is 94.3 cm³/mol. The van der Waals surface area contributed by atoms with Crippen molar-refractivity contribution in [2.45, 2.75) is 19.3 Å². The van der Waals surface area contributed by atoms with Crippen molar-refractivity contribution in [2.24, 2.45) is 5.92 Å². The summed E-state index contributed by atoms with van der Waals surface area (Å²) in [5.41, 5.74) is 1.21. The number of carbonyl (C=O) groups is 1. The van der Waals surface area contributed by atoms with E-state index in [-0.39, 0.29) is 11.6 Å². The number of hydrogen-bond acceptors (Lipinski definition) is 5. The average molecular weight is 362 g/mol. The molecule has 1 aromatic carbocycles. The lowest BCUT2D eigenvalue weighted by molar-refractivity contribution is 0.0948. The molecule has 0 radical (unpaired) electrons. The molecule has 6 nitrogen and oxygen atoms in total. The van der Waals surface area contributed by atoms with Crippen LogP contribution in [0.2, 0.25) is 5.02 Å². The predicted octanol–water partition coefficient (Wildman–Crippen LogP) is 2.90. The maximum atomic E-state index is 12.1. The largest absolute Gasteiger partial charge is 0.497 e. The second-order valence-corrected chi connectivity index (χ2v) is 6.36. The van der Waals surface area contributed by atoms with Crippen LogP contribution in [0.15, 0.2) is 30.6 Å². The van der Waals surface area contributed by atoms with E-state index in [0.717, 1.165) is 5.56 Å². The van der Waals surface area contributed by atoms with Gasteiger partial charge < -0.3 is 14.8 Å². The Morgan fingerprint density at radius 2 is 2.16 bits per heavy atom. The van der Waals surface area contributed by atoms with Gasteiger partial charge in [-0.05, 0) is 42.9 Å². The summed E-state index contributed by atoms with van der Waals surface area (Å²) < 4.78 is 10.6. The minimum atomic E-state index is -0.272. The Morgan fingerprint density at radius 3 is 2.80 bits per heavy atom. The maximum Gasteiger partial charge on any atom is 0.271 e. The standard InChI is InChI=1S/C18H20ClN3O3/c1-24-14-5-4-13(15(19)8-14)6-7-20-18(23)16-9-22-17(10-21-16)25-11-12-2-3-12/h4-5,8-10,12H,2-3,6-7,11H2,1H3,(H,20,23). The molecule has 1 aromatic heterocycles. The molecule has 1 saturated carbocycles. The summed E-state index contributed by atoms with van der Waals surface area (Å²) in [6.07, 6.45) is 5.96. The molecule has 2 aromatic rings. The van der Waals surface area contributed by atoms with E-state index in [9.17, 15) is 4.79 Å². The molecule has 3 rings (SSSR count). The number of nitrogens with one attached hydrogen (secondary N) is 1. The van der Waals surface area contributed by atoms with Gasteiger partial charge in [-0.2, -0.15) is 0 Å². The third-order valence-corrected chi connectivity index (χ3v) is 4.32. The van der Waals surface area contributed by atoms with Gasteiger partial charge >= 0.3 is 0 Å². The topological polar surface area (TPSA) is 73.3 Å². The molecular formula is C18H20ClN3O3. The van der Waals surface area contributed by atoms with Gasteiger partial charge in [0.25, 0.3) is 5.91 Å². The van der Waals surface area contributed by atoms with E-state index in [4.69, 9.17) is 21.1 Å². The summed E-state index contributed by atoms with van der Waals surface area (Å²) >= 11 is 6.19. The first kappa shape index (κ1) is 17.5. The SMILES string of the molecule is COc1ccc(CCNC(=O)c2cnc(OCC3CC3)cn2)c(Cl)c1. The first-order valence-corrected chi connectivity index (χ1v) is 8.59. The highest BCUT2D eigenvalue weighted by atomic mass is 35.5. The zero-order valence-electron chi connectivity index (χ0n) is 14.0. The van der Waals surface area contributed by atoms with Crippen molar-refractivity contribution in [3.63, 3.8) is 0 Å². The Labute approximate surface area is 151 Å². The Kier molecular flexibility index (Phi) is 5.71. The molecular weight excluding hydrogens is 342 g/mol. The molecule has 1 aliphatic carbocycles. The highest BCUT2D eigenvalue weighted by Crippen LogP contribution is 2.29. The van der Waals surface area contributed by atoms with Gasteiger partial charge in [0.2, 0.25) is 5.88 Å². The quantitative estimate of drug-likeness (QED) is 0.782. The molecule has 0 unspecified atom stereocenters. The number of ether oxygens (including phenoxy) is 2. The normalized spacial score (nSPS) is 13.4. The van der Waals surface area contributed by atoms with Crippen molar-refractivity contribution < 1.29 is 14.3 Å². The molecule has 1 aliphatic rings. The first-order valence-electron chi connectivity index (χ1n) is 8.21. The third-order valence-electron chi connectivity index (χ3n) is 3.96. The van der Waals surface area contributed by atoms with Crippen LogP contribution in [-0.4, -0.2) is 36.1 Å². The molecule has 1 amide bonds. The zero-order chi connectivity index (χ0) is 17.6. The molecule has 0 aliphatic heterocycles. The molecule has 0 spiro atoms.